The van der Waals surface area contributed by atoms with Crippen LogP contribution in [0.1, 0.15) is 0 Å². The van der Waals surface area contributed by atoms with Gasteiger partial charge in [-0.25, -0.2) is 5.48 Å². The Bertz CT molecular complexity index is 233. The first-order chi connectivity index (χ1) is 5.00. The molecule has 0 unspecified atom stereocenters. The van der Waals surface area contributed by atoms with Gasteiger partial charge in [-0.2, -0.15) is 0 Å². The molecule has 0 saturated heterocycles. The number of carbonyl (C=O) groups is 2. The molecule has 0 fully saturated rings. The number of primary amides is 1. The van der Waals surface area contributed by atoms with Gasteiger partial charge in [-0.1, -0.05) is 0 Å². The average Bonchev–Trinajstić information content (AvgIpc) is 2.00. The van der Waals surface area contributed by atoms with Crippen molar-refractivity contribution < 1.29 is 14.8 Å². The highest BCUT2D eigenvalue weighted by atomic mass is 16.5. The molecule has 0 bridgehead atoms. The molecule has 0 aliphatic carbocycles. The lowest BCUT2D eigenvalue weighted by Crippen LogP contribution is -2.39. The van der Waals surface area contributed by atoms with Crippen LogP contribution in [-0.2, 0) is 9.59 Å². The molecule has 11 heavy (non-hydrogen) atoms. The van der Waals surface area contributed by atoms with Gasteiger partial charge in [0.05, 0.1) is 0 Å². The first-order valence-electron chi connectivity index (χ1n) is 2.42. The van der Waals surface area contributed by atoms with E-state index in [1.165, 1.54) is 0 Å². The van der Waals surface area contributed by atoms with E-state index in [1.54, 1.807) is 0 Å². The highest BCUT2D eigenvalue weighted by Gasteiger charge is 2.17. The van der Waals surface area contributed by atoms with Crippen LogP contribution in [0, 0.1) is 10.8 Å². The van der Waals surface area contributed by atoms with E-state index in [1.807, 2.05) is 0 Å². The van der Waals surface area contributed by atoms with Crippen LogP contribution >= 0.6 is 0 Å². The topological polar surface area (TPSA) is 140 Å². The predicted octanol–water partition coefficient (Wildman–Crippen LogP) is -1.98. The van der Waals surface area contributed by atoms with E-state index in [0.29, 0.717) is 0 Å². The van der Waals surface area contributed by atoms with E-state index in [0.717, 1.165) is 5.48 Å². The molecule has 6 N–H and O–H groups in total. The minimum absolute atomic E-state index is 0.948. The van der Waals surface area contributed by atoms with Gasteiger partial charge < -0.3 is 5.73 Å². The summed E-state index contributed by atoms with van der Waals surface area (Å²) >= 11 is 0. The van der Waals surface area contributed by atoms with Crippen molar-refractivity contribution in [1.82, 2.24) is 5.48 Å². The highest BCUT2D eigenvalue weighted by Crippen LogP contribution is 1.77. The van der Waals surface area contributed by atoms with Crippen molar-refractivity contribution in [3.8, 4) is 0 Å². The largest absolute Gasteiger partial charge is 0.364 e. The third-order valence-corrected chi connectivity index (χ3v) is 0.825. The molecule has 0 radical (unpaired) electrons. The summed E-state index contributed by atoms with van der Waals surface area (Å²) in [6.07, 6.45) is 0. The Morgan fingerprint density at radius 2 is 1.73 bits per heavy atom. The van der Waals surface area contributed by atoms with Crippen LogP contribution in [0.5, 0.6) is 0 Å². The number of nitrogens with one attached hydrogen (secondary N) is 3. The fraction of sp³-hybridized carbons (Fsp3) is 0. The highest BCUT2D eigenvalue weighted by molar-refractivity contribution is 6.79. The van der Waals surface area contributed by atoms with Crippen LogP contribution in [0.3, 0.4) is 0 Å². The summed E-state index contributed by atoms with van der Waals surface area (Å²) < 4.78 is 0. The van der Waals surface area contributed by atoms with Gasteiger partial charge in [-0.3, -0.25) is 25.6 Å². The average molecular weight is 158 g/mol. The predicted molar refractivity (Wildman–Crippen MR) is 34.6 cm³/mol. The lowest BCUT2D eigenvalue weighted by Gasteiger charge is -1.97. The van der Waals surface area contributed by atoms with Crippen molar-refractivity contribution in [2.75, 3.05) is 0 Å². The van der Waals surface area contributed by atoms with Crippen LogP contribution < -0.4 is 11.2 Å². The second kappa shape index (κ2) is 3.42. The summed E-state index contributed by atoms with van der Waals surface area (Å²) in [6, 6.07) is 0. The molecule has 0 rings (SSSR count). The molecule has 0 aliphatic heterocycles. The zero-order valence-electron chi connectivity index (χ0n) is 5.34. The lowest BCUT2D eigenvalue weighted by molar-refractivity contribution is -0.122. The molecule has 0 aliphatic rings. The van der Waals surface area contributed by atoms with E-state index in [2.05, 4.69) is 5.73 Å². The van der Waals surface area contributed by atoms with E-state index in [-0.39, 0.29) is 0 Å². The quantitative estimate of drug-likeness (QED) is 0.184. The van der Waals surface area contributed by atoms with Crippen LogP contribution in [0.4, 0.5) is 0 Å². The lowest BCUT2D eigenvalue weighted by atomic mass is 10.2. The fourth-order valence-corrected chi connectivity index (χ4v) is 0.293. The van der Waals surface area contributed by atoms with Gasteiger partial charge in [0.25, 0.3) is 11.8 Å². The molecule has 0 aromatic carbocycles. The molecule has 60 valence electrons. The van der Waals surface area contributed by atoms with Crippen LogP contribution in [0.25, 0.3) is 0 Å². The van der Waals surface area contributed by atoms with E-state index in [4.69, 9.17) is 16.0 Å². The second-order valence-corrected chi connectivity index (χ2v) is 1.56. The number of carbonyl (C=O) groups excluding carboxylic acids is 2. The molecule has 0 atom stereocenters. The van der Waals surface area contributed by atoms with Gasteiger partial charge in [0, 0.05) is 0 Å². The van der Waals surface area contributed by atoms with Crippen LogP contribution in [-0.4, -0.2) is 28.4 Å². The molecule has 7 heteroatoms. The van der Waals surface area contributed by atoms with Gasteiger partial charge in [0.2, 0.25) is 0 Å². The maximum absolute atomic E-state index is 10.3. The number of nitrogens with two attached hydrogens (primary N) is 1. The monoisotopic (exact) mass is 158 g/mol. The molecular weight excluding hydrogens is 152 g/mol. The van der Waals surface area contributed by atoms with Gasteiger partial charge >= 0.3 is 0 Å². The van der Waals surface area contributed by atoms with Gasteiger partial charge in [-0.15, -0.1) is 0 Å². The van der Waals surface area contributed by atoms with E-state index < -0.39 is 23.2 Å². The van der Waals surface area contributed by atoms with Gasteiger partial charge in [0.1, 0.15) is 5.71 Å². The summed E-state index contributed by atoms with van der Waals surface area (Å²) in [5, 5.41) is 21.4. The number of rotatable bonds is 3. The minimum atomic E-state index is -1.24. The molecule has 2 amide bonds. The zero-order chi connectivity index (χ0) is 9.02. The zero-order valence-corrected chi connectivity index (χ0v) is 5.34. The Morgan fingerprint density at radius 3 is 2.00 bits per heavy atom. The standard InChI is InChI=1S/C4H6N4O3/c5-1(3(7)9)2(6)4(10)8-11/h5-6,11H,(H2,7,9)(H,8,10). The van der Waals surface area contributed by atoms with Crippen LogP contribution in [0.2, 0.25) is 0 Å². The molecule has 0 aromatic rings. The first kappa shape index (κ1) is 9.24. The summed E-state index contributed by atoms with van der Waals surface area (Å²) in [7, 11) is 0. The van der Waals surface area contributed by atoms with Crippen molar-refractivity contribution in [1.29, 1.82) is 10.8 Å². The molecule has 0 aromatic heterocycles. The van der Waals surface area contributed by atoms with E-state index in [9.17, 15) is 9.59 Å². The number of hydroxylamine groups is 1. The molecule has 0 saturated carbocycles. The Labute approximate surface area is 61.2 Å². The molecule has 0 spiro atoms. The summed E-state index contributed by atoms with van der Waals surface area (Å²) in [4.78, 5) is 20.5. The van der Waals surface area contributed by atoms with E-state index >= 15 is 0 Å². The Balaban J connectivity index is 4.39. The minimum Gasteiger partial charge on any atom is -0.364 e. The van der Waals surface area contributed by atoms with Gasteiger partial charge in [-0.05, 0) is 0 Å². The normalized spacial score (nSPS) is 8.45. The number of hydrogen-bond acceptors (Lipinski definition) is 5. The first-order valence-corrected chi connectivity index (χ1v) is 2.42. The summed E-state index contributed by atoms with van der Waals surface area (Å²) in [6.45, 7) is 0. The summed E-state index contributed by atoms with van der Waals surface area (Å²) in [5.74, 6) is -2.44. The Hall–Kier alpha value is -1.76. The van der Waals surface area contributed by atoms with Crippen molar-refractivity contribution >= 4 is 23.2 Å². The molecule has 0 heterocycles. The van der Waals surface area contributed by atoms with Crippen molar-refractivity contribution in [2.24, 2.45) is 5.73 Å². The van der Waals surface area contributed by atoms with Crippen LogP contribution in [0.15, 0.2) is 0 Å². The van der Waals surface area contributed by atoms with Crippen molar-refractivity contribution in [2.45, 2.75) is 0 Å². The molecular formula is C4H6N4O3. The van der Waals surface area contributed by atoms with Gasteiger partial charge in [0.15, 0.2) is 5.71 Å². The summed E-state index contributed by atoms with van der Waals surface area (Å²) in [5.41, 5.74) is 3.73. The van der Waals surface area contributed by atoms with Crippen molar-refractivity contribution in [3.05, 3.63) is 0 Å². The smallest absolute Gasteiger partial charge is 0.294 e. The third-order valence-electron chi connectivity index (χ3n) is 0.825. The number of amides is 2. The Kier molecular flexibility index (Phi) is 2.87. The van der Waals surface area contributed by atoms with Crippen molar-refractivity contribution in [3.63, 3.8) is 0 Å². The maximum Gasteiger partial charge on any atom is 0.294 e. The molecule has 7 nitrogen and oxygen atoms in total. The SMILES string of the molecule is N=C(C(=N)C(=O)NO)C(N)=O. The number of hydrogen-bond donors (Lipinski definition) is 5. The third kappa shape index (κ3) is 2.14. The fourth-order valence-electron chi connectivity index (χ4n) is 0.293. The second-order valence-electron chi connectivity index (χ2n) is 1.56. The Morgan fingerprint density at radius 1 is 1.27 bits per heavy atom. The maximum atomic E-state index is 10.3.